The van der Waals surface area contributed by atoms with Gasteiger partial charge in [-0.3, -0.25) is 9.59 Å². The fraction of sp³-hybridized carbons (Fsp3) is 0.391. The van der Waals surface area contributed by atoms with Crippen LogP contribution in [0.2, 0.25) is 10.0 Å². The molecule has 0 unspecified atom stereocenters. The molecule has 0 spiro atoms. The number of amides is 2. The Morgan fingerprint density at radius 2 is 1.77 bits per heavy atom. The summed E-state index contributed by atoms with van der Waals surface area (Å²) in [5, 5.41) is 3.83. The van der Waals surface area contributed by atoms with E-state index < -0.39 is 11.9 Å². The predicted octanol–water partition coefficient (Wildman–Crippen LogP) is 5.40. The first-order chi connectivity index (χ1) is 14.3. The third kappa shape index (κ3) is 6.44. The molecule has 0 fully saturated rings. The standard InChI is InChI=1S/C23H27Cl2FN2O2/c1-4-15(3)27-23(30)21(5-2)28(14-17-10-11-18(24)13-19(17)25)22(29)12-16-8-6-7-9-20(16)26/h6-11,13,15,21H,4-5,12,14H2,1-3H3,(H,27,30)/t15-,21-/m0/s1. The normalized spacial score (nSPS) is 12.9. The van der Waals surface area contributed by atoms with Crippen molar-refractivity contribution in [2.24, 2.45) is 0 Å². The van der Waals surface area contributed by atoms with Crippen molar-refractivity contribution in [1.29, 1.82) is 0 Å². The van der Waals surface area contributed by atoms with Gasteiger partial charge in [-0.25, -0.2) is 4.39 Å². The molecule has 2 atom stereocenters. The number of carbonyl (C=O) groups is 2. The molecule has 1 N–H and O–H groups in total. The number of rotatable bonds is 9. The minimum atomic E-state index is -0.704. The Labute approximate surface area is 187 Å². The minimum Gasteiger partial charge on any atom is -0.352 e. The number of nitrogens with zero attached hydrogens (tertiary/aromatic N) is 1. The van der Waals surface area contributed by atoms with E-state index in [1.165, 1.54) is 11.0 Å². The third-order valence-corrected chi connectivity index (χ3v) is 5.63. The molecule has 0 heterocycles. The second kappa shape index (κ2) is 11.3. The number of hydrogen-bond donors (Lipinski definition) is 1. The average Bonchev–Trinajstić information content (AvgIpc) is 2.70. The zero-order chi connectivity index (χ0) is 22.3. The van der Waals surface area contributed by atoms with Gasteiger partial charge in [-0.05, 0) is 49.1 Å². The van der Waals surface area contributed by atoms with Crippen molar-refractivity contribution in [3.63, 3.8) is 0 Å². The van der Waals surface area contributed by atoms with Crippen LogP contribution in [0.15, 0.2) is 42.5 Å². The van der Waals surface area contributed by atoms with Gasteiger partial charge >= 0.3 is 0 Å². The van der Waals surface area contributed by atoms with E-state index in [4.69, 9.17) is 23.2 Å². The lowest BCUT2D eigenvalue weighted by atomic mass is 10.1. The maximum absolute atomic E-state index is 14.1. The van der Waals surface area contributed by atoms with Crippen LogP contribution in [0, 0.1) is 5.82 Å². The highest BCUT2D eigenvalue weighted by Gasteiger charge is 2.30. The van der Waals surface area contributed by atoms with Gasteiger partial charge in [0.2, 0.25) is 11.8 Å². The molecule has 2 amide bonds. The van der Waals surface area contributed by atoms with Crippen molar-refractivity contribution >= 4 is 35.0 Å². The number of halogens is 3. The van der Waals surface area contributed by atoms with Gasteiger partial charge in [-0.15, -0.1) is 0 Å². The van der Waals surface area contributed by atoms with Gasteiger partial charge in [0.15, 0.2) is 0 Å². The number of carbonyl (C=O) groups excluding carboxylic acids is 2. The van der Waals surface area contributed by atoms with Crippen molar-refractivity contribution in [3.05, 3.63) is 69.5 Å². The van der Waals surface area contributed by atoms with E-state index in [1.54, 1.807) is 36.4 Å². The molecule has 2 aromatic carbocycles. The molecule has 0 aromatic heterocycles. The zero-order valence-electron chi connectivity index (χ0n) is 17.4. The molecule has 0 bridgehead atoms. The summed E-state index contributed by atoms with van der Waals surface area (Å²) in [4.78, 5) is 27.6. The molecule has 0 saturated carbocycles. The van der Waals surface area contributed by atoms with Gasteiger partial charge in [0.05, 0.1) is 6.42 Å². The Kier molecular flexibility index (Phi) is 9.12. The molecule has 7 heteroatoms. The van der Waals surface area contributed by atoms with Crippen molar-refractivity contribution in [1.82, 2.24) is 10.2 Å². The fourth-order valence-electron chi connectivity index (χ4n) is 3.10. The first kappa shape index (κ1) is 24.2. The summed E-state index contributed by atoms with van der Waals surface area (Å²) in [6.07, 6.45) is 1.04. The Morgan fingerprint density at radius 1 is 1.07 bits per heavy atom. The molecule has 0 radical (unpaired) electrons. The number of benzene rings is 2. The van der Waals surface area contributed by atoms with Crippen LogP contribution in [0.1, 0.15) is 44.7 Å². The van der Waals surface area contributed by atoms with Crippen LogP contribution in [0.3, 0.4) is 0 Å². The monoisotopic (exact) mass is 452 g/mol. The third-order valence-electron chi connectivity index (χ3n) is 5.04. The van der Waals surface area contributed by atoms with E-state index in [2.05, 4.69) is 5.32 Å². The van der Waals surface area contributed by atoms with Crippen LogP contribution in [0.25, 0.3) is 0 Å². The highest BCUT2D eigenvalue weighted by molar-refractivity contribution is 6.35. The molecule has 4 nitrogen and oxygen atoms in total. The van der Waals surface area contributed by atoms with E-state index >= 15 is 0 Å². The summed E-state index contributed by atoms with van der Waals surface area (Å²) in [5.41, 5.74) is 0.949. The first-order valence-electron chi connectivity index (χ1n) is 10.0. The molecule has 0 saturated heterocycles. The van der Waals surface area contributed by atoms with E-state index in [9.17, 15) is 14.0 Å². The topological polar surface area (TPSA) is 49.4 Å². The predicted molar refractivity (Wildman–Crippen MR) is 119 cm³/mol. The lowest BCUT2D eigenvalue weighted by molar-refractivity contribution is -0.141. The maximum Gasteiger partial charge on any atom is 0.243 e. The van der Waals surface area contributed by atoms with Crippen LogP contribution >= 0.6 is 23.2 Å². The van der Waals surface area contributed by atoms with Crippen LogP contribution in [0.5, 0.6) is 0 Å². The molecule has 0 aliphatic carbocycles. The highest BCUT2D eigenvalue weighted by atomic mass is 35.5. The zero-order valence-corrected chi connectivity index (χ0v) is 18.9. The smallest absolute Gasteiger partial charge is 0.243 e. The van der Waals surface area contributed by atoms with Gasteiger partial charge in [-0.2, -0.15) is 0 Å². The van der Waals surface area contributed by atoms with Gasteiger partial charge < -0.3 is 10.2 Å². The SMILES string of the molecule is CC[C@H](C)NC(=O)[C@H](CC)N(Cc1ccc(Cl)cc1Cl)C(=O)Cc1ccccc1F. The van der Waals surface area contributed by atoms with Gasteiger partial charge in [0.25, 0.3) is 0 Å². The Morgan fingerprint density at radius 3 is 2.37 bits per heavy atom. The summed E-state index contributed by atoms with van der Waals surface area (Å²) >= 11 is 12.3. The summed E-state index contributed by atoms with van der Waals surface area (Å²) in [7, 11) is 0. The van der Waals surface area contributed by atoms with E-state index in [0.29, 0.717) is 22.0 Å². The van der Waals surface area contributed by atoms with Crippen LogP contribution in [-0.4, -0.2) is 28.8 Å². The summed E-state index contributed by atoms with van der Waals surface area (Å²) < 4.78 is 14.1. The molecule has 2 aromatic rings. The molecular formula is C23H27Cl2FN2O2. The van der Waals surface area contributed by atoms with Gasteiger partial charge in [-0.1, -0.05) is 61.3 Å². The summed E-state index contributed by atoms with van der Waals surface area (Å²) in [6, 6.07) is 10.4. The highest BCUT2D eigenvalue weighted by Crippen LogP contribution is 2.24. The number of hydrogen-bond acceptors (Lipinski definition) is 2. The quantitative estimate of drug-likeness (QED) is 0.553. The Bertz CT molecular complexity index is 891. The molecule has 2 rings (SSSR count). The second-order valence-electron chi connectivity index (χ2n) is 7.27. The van der Waals surface area contributed by atoms with E-state index in [-0.39, 0.29) is 36.4 Å². The molecule has 162 valence electrons. The van der Waals surface area contributed by atoms with Crippen molar-refractivity contribution in [2.75, 3.05) is 0 Å². The van der Waals surface area contributed by atoms with E-state index in [0.717, 1.165) is 6.42 Å². The van der Waals surface area contributed by atoms with Gasteiger partial charge in [0, 0.05) is 22.6 Å². The van der Waals surface area contributed by atoms with Crippen molar-refractivity contribution in [3.8, 4) is 0 Å². The van der Waals surface area contributed by atoms with Crippen LogP contribution in [-0.2, 0) is 22.6 Å². The first-order valence-corrected chi connectivity index (χ1v) is 10.8. The lowest BCUT2D eigenvalue weighted by Crippen LogP contribution is -2.51. The Hall–Kier alpha value is -2.11. The summed E-state index contributed by atoms with van der Waals surface area (Å²) in [5.74, 6) is -1.04. The second-order valence-corrected chi connectivity index (χ2v) is 8.11. The van der Waals surface area contributed by atoms with E-state index in [1.807, 2.05) is 20.8 Å². The minimum absolute atomic E-state index is 0.0193. The Balaban J connectivity index is 2.35. The largest absolute Gasteiger partial charge is 0.352 e. The van der Waals surface area contributed by atoms with Gasteiger partial charge in [0.1, 0.15) is 11.9 Å². The van der Waals surface area contributed by atoms with Crippen molar-refractivity contribution in [2.45, 2.75) is 58.7 Å². The lowest BCUT2D eigenvalue weighted by Gasteiger charge is -2.32. The van der Waals surface area contributed by atoms with Crippen LogP contribution < -0.4 is 5.32 Å². The molecular weight excluding hydrogens is 426 g/mol. The fourth-order valence-corrected chi connectivity index (χ4v) is 3.57. The van der Waals surface area contributed by atoms with Crippen LogP contribution in [0.4, 0.5) is 4.39 Å². The molecule has 30 heavy (non-hydrogen) atoms. The maximum atomic E-state index is 14.1. The molecule has 0 aliphatic heterocycles. The summed E-state index contributed by atoms with van der Waals surface area (Å²) in [6.45, 7) is 5.84. The average molecular weight is 453 g/mol. The number of nitrogens with one attached hydrogen (secondary N) is 1. The molecule has 0 aliphatic rings. The van der Waals surface area contributed by atoms with Crippen molar-refractivity contribution < 1.29 is 14.0 Å².